The normalized spacial score (nSPS) is 18.6. The summed E-state index contributed by atoms with van der Waals surface area (Å²) in [6, 6.07) is 4.72. The van der Waals surface area contributed by atoms with Crippen molar-refractivity contribution >= 4 is 0 Å². The molecule has 1 aliphatic rings. The molecule has 0 saturated heterocycles. The van der Waals surface area contributed by atoms with Gasteiger partial charge in [-0.3, -0.25) is 0 Å². The van der Waals surface area contributed by atoms with Gasteiger partial charge in [0.25, 0.3) is 6.43 Å². The fourth-order valence-electron chi connectivity index (χ4n) is 1.65. The molecule has 1 fully saturated rings. The number of alkyl halides is 2. The van der Waals surface area contributed by atoms with E-state index in [-0.39, 0.29) is 5.56 Å². The van der Waals surface area contributed by atoms with Crippen LogP contribution in [-0.4, -0.2) is 5.11 Å². The van der Waals surface area contributed by atoms with Crippen LogP contribution < -0.4 is 0 Å². The molecule has 0 spiro atoms. The first kappa shape index (κ1) is 9.59. The third kappa shape index (κ3) is 1.52. The van der Waals surface area contributed by atoms with Crippen molar-refractivity contribution < 1.29 is 13.9 Å². The number of hydrogen-bond acceptors (Lipinski definition) is 1. The Balaban J connectivity index is 2.49. The van der Waals surface area contributed by atoms with Crippen LogP contribution in [0.4, 0.5) is 8.78 Å². The maximum absolute atomic E-state index is 12.6. The van der Waals surface area contributed by atoms with E-state index in [4.69, 9.17) is 0 Å². The zero-order chi connectivity index (χ0) is 10.3. The van der Waals surface area contributed by atoms with Gasteiger partial charge in [-0.1, -0.05) is 23.8 Å². The number of aryl methyl sites for hydroxylation is 1. The van der Waals surface area contributed by atoms with Gasteiger partial charge in [0.2, 0.25) is 0 Å². The predicted octanol–water partition coefficient (Wildman–Crippen LogP) is 2.91. The van der Waals surface area contributed by atoms with Gasteiger partial charge in [0.1, 0.15) is 0 Å². The Bertz CT molecular complexity index is 356. The summed E-state index contributed by atoms with van der Waals surface area (Å²) in [6.45, 7) is 1.84. The quantitative estimate of drug-likeness (QED) is 0.774. The Labute approximate surface area is 81.4 Å². The molecule has 0 atom stereocenters. The molecule has 1 aromatic rings. The van der Waals surface area contributed by atoms with Crippen LogP contribution >= 0.6 is 0 Å². The second-order valence-electron chi connectivity index (χ2n) is 3.92. The molecule has 0 aromatic heterocycles. The van der Waals surface area contributed by atoms with Crippen molar-refractivity contribution in [3.63, 3.8) is 0 Å². The molecular formula is C11H12F2O. The molecule has 0 aliphatic heterocycles. The van der Waals surface area contributed by atoms with Crippen LogP contribution in [0.1, 0.15) is 36.0 Å². The summed E-state index contributed by atoms with van der Waals surface area (Å²) < 4.78 is 25.2. The number of benzene rings is 1. The topological polar surface area (TPSA) is 20.2 Å². The van der Waals surface area contributed by atoms with E-state index >= 15 is 0 Å². The van der Waals surface area contributed by atoms with Gasteiger partial charge in [0.15, 0.2) is 0 Å². The molecule has 0 unspecified atom stereocenters. The van der Waals surface area contributed by atoms with E-state index in [2.05, 4.69) is 0 Å². The van der Waals surface area contributed by atoms with Gasteiger partial charge in [-0.05, 0) is 25.3 Å². The van der Waals surface area contributed by atoms with E-state index in [0.717, 1.165) is 5.56 Å². The van der Waals surface area contributed by atoms with Crippen LogP contribution in [0, 0.1) is 6.92 Å². The Morgan fingerprint density at radius 2 is 2.00 bits per heavy atom. The summed E-state index contributed by atoms with van der Waals surface area (Å²) >= 11 is 0. The van der Waals surface area contributed by atoms with Gasteiger partial charge < -0.3 is 5.11 Å². The summed E-state index contributed by atoms with van der Waals surface area (Å²) in [5, 5.41) is 9.82. The van der Waals surface area contributed by atoms with Crippen molar-refractivity contribution in [2.24, 2.45) is 0 Å². The van der Waals surface area contributed by atoms with E-state index in [1.807, 2.05) is 6.92 Å². The highest BCUT2D eigenvalue weighted by atomic mass is 19.3. The minimum absolute atomic E-state index is 0.0319. The van der Waals surface area contributed by atoms with Crippen LogP contribution in [0.5, 0.6) is 0 Å². The lowest BCUT2D eigenvalue weighted by molar-refractivity contribution is 0.125. The Kier molecular flexibility index (Phi) is 2.07. The van der Waals surface area contributed by atoms with Gasteiger partial charge in [-0.15, -0.1) is 0 Å². The van der Waals surface area contributed by atoms with Crippen molar-refractivity contribution in [3.05, 3.63) is 34.9 Å². The summed E-state index contributed by atoms with van der Waals surface area (Å²) in [5.74, 6) is 0. The second kappa shape index (κ2) is 3.02. The van der Waals surface area contributed by atoms with Crippen molar-refractivity contribution in [1.29, 1.82) is 0 Å². The molecule has 0 heterocycles. The largest absolute Gasteiger partial charge is 0.385 e. The molecule has 0 amide bonds. The summed E-state index contributed by atoms with van der Waals surface area (Å²) in [4.78, 5) is 0. The molecule has 3 heteroatoms. The zero-order valence-electron chi connectivity index (χ0n) is 7.93. The lowest BCUT2D eigenvalue weighted by Gasteiger charge is -2.14. The molecule has 1 aliphatic carbocycles. The monoisotopic (exact) mass is 198 g/mol. The van der Waals surface area contributed by atoms with Gasteiger partial charge in [-0.25, -0.2) is 8.78 Å². The van der Waals surface area contributed by atoms with E-state index < -0.39 is 12.0 Å². The first-order valence-electron chi connectivity index (χ1n) is 4.64. The van der Waals surface area contributed by atoms with Crippen LogP contribution in [0.15, 0.2) is 18.2 Å². The smallest absolute Gasteiger partial charge is 0.264 e. The molecule has 1 saturated carbocycles. The Morgan fingerprint density at radius 3 is 2.50 bits per heavy atom. The van der Waals surface area contributed by atoms with Crippen LogP contribution in [-0.2, 0) is 5.60 Å². The van der Waals surface area contributed by atoms with Crippen LogP contribution in [0.3, 0.4) is 0 Å². The van der Waals surface area contributed by atoms with Gasteiger partial charge >= 0.3 is 0 Å². The standard InChI is InChI=1S/C11H12F2O/c1-7-2-3-8(10(12)13)9(6-7)11(14)4-5-11/h2-3,6,10,14H,4-5H2,1H3. The van der Waals surface area contributed by atoms with Crippen molar-refractivity contribution in [2.75, 3.05) is 0 Å². The van der Waals surface area contributed by atoms with E-state index in [9.17, 15) is 13.9 Å². The minimum atomic E-state index is -2.50. The molecule has 2 rings (SSSR count). The number of rotatable bonds is 2. The average molecular weight is 198 g/mol. The first-order valence-corrected chi connectivity index (χ1v) is 4.64. The molecule has 1 aromatic carbocycles. The third-order valence-electron chi connectivity index (χ3n) is 2.67. The molecule has 14 heavy (non-hydrogen) atoms. The molecule has 1 N–H and O–H groups in total. The van der Waals surface area contributed by atoms with Crippen LogP contribution in [0.2, 0.25) is 0 Å². The lowest BCUT2D eigenvalue weighted by atomic mass is 9.98. The zero-order valence-corrected chi connectivity index (χ0v) is 7.93. The highest BCUT2D eigenvalue weighted by Crippen LogP contribution is 2.48. The molecule has 0 radical (unpaired) electrons. The fourth-order valence-corrected chi connectivity index (χ4v) is 1.65. The SMILES string of the molecule is Cc1ccc(C(F)F)c(C2(O)CC2)c1. The molecular weight excluding hydrogens is 186 g/mol. The maximum atomic E-state index is 12.6. The first-order chi connectivity index (χ1) is 6.53. The van der Waals surface area contributed by atoms with E-state index in [1.54, 1.807) is 12.1 Å². The lowest BCUT2D eigenvalue weighted by Crippen LogP contribution is -2.09. The number of halogens is 2. The molecule has 76 valence electrons. The fraction of sp³-hybridized carbons (Fsp3) is 0.455. The number of hydrogen-bond donors (Lipinski definition) is 1. The van der Waals surface area contributed by atoms with Gasteiger partial charge in [-0.2, -0.15) is 0 Å². The van der Waals surface area contributed by atoms with Crippen molar-refractivity contribution in [2.45, 2.75) is 31.8 Å². The van der Waals surface area contributed by atoms with Gasteiger partial charge in [0, 0.05) is 5.56 Å². The predicted molar refractivity (Wildman–Crippen MR) is 49.3 cm³/mol. The number of aliphatic hydroxyl groups is 1. The van der Waals surface area contributed by atoms with Crippen LogP contribution in [0.25, 0.3) is 0 Å². The van der Waals surface area contributed by atoms with Gasteiger partial charge in [0.05, 0.1) is 5.60 Å². The Hall–Kier alpha value is -0.960. The van der Waals surface area contributed by atoms with Crippen molar-refractivity contribution in [3.8, 4) is 0 Å². The second-order valence-corrected chi connectivity index (χ2v) is 3.92. The minimum Gasteiger partial charge on any atom is -0.385 e. The average Bonchev–Trinajstić information content (AvgIpc) is 2.84. The molecule has 0 bridgehead atoms. The summed E-state index contributed by atoms with van der Waals surface area (Å²) in [5.41, 5.74) is 0.311. The van der Waals surface area contributed by atoms with Crippen molar-refractivity contribution in [1.82, 2.24) is 0 Å². The van der Waals surface area contributed by atoms with E-state index in [0.29, 0.717) is 18.4 Å². The molecule has 1 nitrogen and oxygen atoms in total. The summed E-state index contributed by atoms with van der Waals surface area (Å²) in [6.07, 6.45) is -1.32. The Morgan fingerprint density at radius 1 is 1.36 bits per heavy atom. The third-order valence-corrected chi connectivity index (χ3v) is 2.67. The van der Waals surface area contributed by atoms with E-state index in [1.165, 1.54) is 6.07 Å². The maximum Gasteiger partial charge on any atom is 0.264 e. The summed E-state index contributed by atoms with van der Waals surface area (Å²) in [7, 11) is 0. The highest BCUT2D eigenvalue weighted by molar-refractivity contribution is 5.39. The highest BCUT2D eigenvalue weighted by Gasteiger charge is 2.44.